The molecule has 2 N–H and O–H groups in total. The van der Waals surface area contributed by atoms with Crippen molar-refractivity contribution in [2.75, 3.05) is 5.73 Å². The first-order chi connectivity index (χ1) is 4.63. The second-order valence-electron chi connectivity index (χ2n) is 1.88. The molecular formula is C5H6N2O2S. The molecule has 0 atom stereocenters. The van der Waals surface area contributed by atoms with Crippen molar-refractivity contribution in [2.45, 2.75) is 6.92 Å². The quantitative estimate of drug-likeness (QED) is 0.498. The van der Waals surface area contributed by atoms with Crippen LogP contribution >= 0.6 is 11.3 Å². The number of nitrogens with zero attached hydrogens (tertiary/aromatic N) is 1. The zero-order chi connectivity index (χ0) is 7.72. The largest absolute Gasteiger partial charge is 0.398 e. The normalized spacial score (nSPS) is 9.70. The summed E-state index contributed by atoms with van der Waals surface area (Å²) >= 11 is 1.06. The van der Waals surface area contributed by atoms with E-state index in [1.54, 1.807) is 12.3 Å². The average molecular weight is 158 g/mol. The van der Waals surface area contributed by atoms with Crippen molar-refractivity contribution in [1.82, 2.24) is 0 Å². The van der Waals surface area contributed by atoms with Crippen LogP contribution in [0.3, 0.4) is 0 Å². The van der Waals surface area contributed by atoms with Gasteiger partial charge in [0, 0.05) is 5.38 Å². The number of nitro groups is 1. The number of anilines is 1. The molecule has 5 heteroatoms. The second-order valence-corrected chi connectivity index (χ2v) is 2.74. The Morgan fingerprint density at radius 1 is 1.80 bits per heavy atom. The maximum Gasteiger partial charge on any atom is 0.329 e. The van der Waals surface area contributed by atoms with E-state index < -0.39 is 4.92 Å². The number of hydrogen-bond donors (Lipinski definition) is 1. The van der Waals surface area contributed by atoms with Gasteiger partial charge in [-0.3, -0.25) is 10.1 Å². The van der Waals surface area contributed by atoms with E-state index in [0.29, 0.717) is 11.3 Å². The summed E-state index contributed by atoms with van der Waals surface area (Å²) in [5.41, 5.74) is 6.45. The Morgan fingerprint density at radius 2 is 2.40 bits per heavy atom. The van der Waals surface area contributed by atoms with Gasteiger partial charge >= 0.3 is 5.00 Å². The van der Waals surface area contributed by atoms with Crippen molar-refractivity contribution in [3.63, 3.8) is 0 Å². The zero-order valence-corrected chi connectivity index (χ0v) is 6.14. The smallest absolute Gasteiger partial charge is 0.329 e. The summed E-state index contributed by atoms with van der Waals surface area (Å²) in [5, 5.41) is 11.9. The molecule has 0 spiro atoms. The third kappa shape index (κ3) is 0.950. The Kier molecular flexibility index (Phi) is 1.58. The van der Waals surface area contributed by atoms with Gasteiger partial charge in [0.2, 0.25) is 0 Å². The van der Waals surface area contributed by atoms with E-state index >= 15 is 0 Å². The number of nitrogens with two attached hydrogens (primary N) is 1. The van der Waals surface area contributed by atoms with Crippen LogP contribution in [-0.2, 0) is 0 Å². The second kappa shape index (κ2) is 2.26. The van der Waals surface area contributed by atoms with Crippen LogP contribution in [0.1, 0.15) is 5.56 Å². The van der Waals surface area contributed by atoms with Gasteiger partial charge in [-0.25, -0.2) is 0 Å². The Labute approximate surface area is 61.4 Å². The minimum absolute atomic E-state index is 0.137. The molecule has 10 heavy (non-hydrogen) atoms. The number of nitrogen functional groups attached to an aromatic ring is 1. The van der Waals surface area contributed by atoms with Crippen molar-refractivity contribution in [3.05, 3.63) is 21.1 Å². The molecule has 1 aromatic heterocycles. The van der Waals surface area contributed by atoms with E-state index in [2.05, 4.69) is 0 Å². The van der Waals surface area contributed by atoms with Gasteiger partial charge in [0.15, 0.2) is 0 Å². The van der Waals surface area contributed by atoms with Crippen LogP contribution in [0.2, 0.25) is 0 Å². The highest BCUT2D eigenvalue weighted by Crippen LogP contribution is 2.30. The van der Waals surface area contributed by atoms with Gasteiger partial charge in [-0.05, 0) is 6.92 Å². The van der Waals surface area contributed by atoms with E-state index in [1.165, 1.54) is 0 Å². The van der Waals surface area contributed by atoms with Crippen LogP contribution in [0.15, 0.2) is 5.38 Å². The Hall–Kier alpha value is -1.10. The van der Waals surface area contributed by atoms with Crippen molar-refractivity contribution >= 4 is 22.0 Å². The fourth-order valence-corrected chi connectivity index (χ4v) is 1.40. The molecule has 0 aromatic carbocycles. The Bertz CT molecular complexity index is 269. The van der Waals surface area contributed by atoms with Crippen LogP contribution in [0.5, 0.6) is 0 Å². The molecule has 0 fully saturated rings. The molecule has 0 aliphatic rings. The summed E-state index contributed by atoms with van der Waals surface area (Å²) in [6.45, 7) is 1.64. The van der Waals surface area contributed by atoms with Gasteiger partial charge in [-0.15, -0.1) is 0 Å². The van der Waals surface area contributed by atoms with E-state index in [4.69, 9.17) is 5.73 Å². The maximum atomic E-state index is 10.2. The van der Waals surface area contributed by atoms with E-state index in [-0.39, 0.29) is 5.00 Å². The fourth-order valence-electron chi connectivity index (χ4n) is 0.600. The van der Waals surface area contributed by atoms with Crippen molar-refractivity contribution in [3.8, 4) is 0 Å². The molecule has 4 nitrogen and oxygen atoms in total. The molecule has 1 aromatic rings. The van der Waals surface area contributed by atoms with Gasteiger partial charge in [0.25, 0.3) is 0 Å². The number of hydrogen-bond acceptors (Lipinski definition) is 4. The van der Waals surface area contributed by atoms with Crippen LogP contribution < -0.4 is 5.73 Å². The highest BCUT2D eigenvalue weighted by molar-refractivity contribution is 7.14. The molecular weight excluding hydrogens is 152 g/mol. The van der Waals surface area contributed by atoms with Gasteiger partial charge in [-0.1, -0.05) is 11.3 Å². The monoisotopic (exact) mass is 158 g/mol. The average Bonchev–Trinajstić information content (AvgIpc) is 2.14. The summed E-state index contributed by atoms with van der Waals surface area (Å²) in [6, 6.07) is 0. The first-order valence-corrected chi connectivity index (χ1v) is 3.49. The lowest BCUT2D eigenvalue weighted by molar-refractivity contribution is -0.380. The lowest BCUT2D eigenvalue weighted by Crippen LogP contribution is -1.88. The first-order valence-electron chi connectivity index (χ1n) is 2.61. The molecule has 0 saturated heterocycles. The van der Waals surface area contributed by atoms with Gasteiger partial charge in [0.05, 0.1) is 16.2 Å². The maximum absolute atomic E-state index is 10.2. The number of rotatable bonds is 1. The van der Waals surface area contributed by atoms with Gasteiger partial charge < -0.3 is 5.73 Å². The lowest BCUT2D eigenvalue weighted by Gasteiger charge is -1.86. The highest BCUT2D eigenvalue weighted by Gasteiger charge is 2.14. The van der Waals surface area contributed by atoms with Crippen molar-refractivity contribution in [2.24, 2.45) is 0 Å². The molecule has 1 heterocycles. The van der Waals surface area contributed by atoms with Crippen molar-refractivity contribution < 1.29 is 4.92 Å². The number of thiophene rings is 1. The molecule has 0 saturated carbocycles. The Balaban J connectivity index is 3.17. The molecule has 0 amide bonds. The minimum Gasteiger partial charge on any atom is -0.398 e. The molecule has 0 radical (unpaired) electrons. The predicted molar refractivity (Wildman–Crippen MR) is 40.1 cm³/mol. The standard InChI is InChI=1S/C5H6N2O2S/c1-3-4(6)2-10-5(3)7(8)9/h2H,6H2,1H3. The molecule has 1 rings (SSSR count). The molecule has 0 unspecified atom stereocenters. The van der Waals surface area contributed by atoms with Crippen LogP contribution in [0.4, 0.5) is 10.7 Å². The van der Waals surface area contributed by atoms with E-state index in [9.17, 15) is 10.1 Å². The van der Waals surface area contributed by atoms with Crippen molar-refractivity contribution in [1.29, 1.82) is 0 Å². The molecule has 0 aliphatic carbocycles. The third-order valence-corrected chi connectivity index (χ3v) is 2.27. The summed E-state index contributed by atoms with van der Waals surface area (Å²) in [7, 11) is 0. The predicted octanol–water partition coefficient (Wildman–Crippen LogP) is 1.55. The van der Waals surface area contributed by atoms with Gasteiger partial charge in [0.1, 0.15) is 0 Å². The van der Waals surface area contributed by atoms with Crippen LogP contribution in [0, 0.1) is 17.0 Å². The first kappa shape index (κ1) is 7.01. The Morgan fingerprint density at radius 3 is 2.60 bits per heavy atom. The van der Waals surface area contributed by atoms with E-state index in [1.807, 2.05) is 0 Å². The zero-order valence-electron chi connectivity index (χ0n) is 5.33. The lowest BCUT2D eigenvalue weighted by atomic mass is 10.3. The topological polar surface area (TPSA) is 69.2 Å². The summed E-state index contributed by atoms with van der Waals surface area (Å²) in [6.07, 6.45) is 0. The summed E-state index contributed by atoms with van der Waals surface area (Å²) < 4.78 is 0. The third-order valence-electron chi connectivity index (χ3n) is 1.22. The molecule has 0 bridgehead atoms. The highest BCUT2D eigenvalue weighted by atomic mass is 32.1. The fraction of sp³-hybridized carbons (Fsp3) is 0.200. The summed E-state index contributed by atoms with van der Waals surface area (Å²) in [4.78, 5) is 9.78. The van der Waals surface area contributed by atoms with Crippen LogP contribution in [0.25, 0.3) is 0 Å². The summed E-state index contributed by atoms with van der Waals surface area (Å²) in [5.74, 6) is 0. The molecule has 0 aliphatic heterocycles. The molecule has 54 valence electrons. The minimum atomic E-state index is -0.420. The van der Waals surface area contributed by atoms with Gasteiger partial charge in [-0.2, -0.15) is 0 Å². The SMILES string of the molecule is Cc1c(N)csc1[N+](=O)[O-]. The van der Waals surface area contributed by atoms with E-state index in [0.717, 1.165) is 11.3 Å². The van der Waals surface area contributed by atoms with Crippen LogP contribution in [-0.4, -0.2) is 4.92 Å².